The van der Waals surface area contributed by atoms with Gasteiger partial charge in [-0.25, -0.2) is 4.98 Å². The van der Waals surface area contributed by atoms with E-state index in [1.54, 1.807) is 0 Å². The van der Waals surface area contributed by atoms with Gasteiger partial charge in [-0.05, 0) is 36.8 Å². The van der Waals surface area contributed by atoms with Gasteiger partial charge in [-0.3, -0.25) is 0 Å². The zero-order chi connectivity index (χ0) is 13.0. The quantitative estimate of drug-likeness (QED) is 0.894. The summed E-state index contributed by atoms with van der Waals surface area (Å²) in [7, 11) is 1.87. The van der Waals surface area contributed by atoms with Crippen LogP contribution in [-0.2, 0) is 0 Å². The average molecular weight is 306 g/mol. The Hall–Kier alpha value is -1.55. The molecule has 1 aromatic carbocycles. The largest absolute Gasteiger partial charge is 0.373 e. The number of rotatable bonds is 4. The Labute approximate surface area is 116 Å². The summed E-state index contributed by atoms with van der Waals surface area (Å²) in [6.45, 7) is 2.12. The number of benzene rings is 1. The Morgan fingerprint density at radius 2 is 1.72 bits per heavy atom. The van der Waals surface area contributed by atoms with Crippen molar-refractivity contribution in [2.75, 3.05) is 17.7 Å². The lowest BCUT2D eigenvalue weighted by atomic mass is 10.1. The maximum Gasteiger partial charge on any atom is 0.128 e. The molecule has 0 saturated heterocycles. The highest BCUT2D eigenvalue weighted by molar-refractivity contribution is 9.10. The van der Waals surface area contributed by atoms with Crippen LogP contribution in [0.5, 0.6) is 0 Å². The number of nitrogens with zero attached hydrogens (tertiary/aromatic N) is 1. The minimum absolute atomic E-state index is 0.220. The lowest BCUT2D eigenvalue weighted by molar-refractivity contribution is 0.874. The average Bonchev–Trinajstić information content (AvgIpc) is 2.39. The number of hydrogen-bond donors (Lipinski definition) is 2. The molecule has 18 heavy (non-hydrogen) atoms. The van der Waals surface area contributed by atoms with E-state index in [4.69, 9.17) is 0 Å². The number of halogens is 1. The Balaban J connectivity index is 2.10. The van der Waals surface area contributed by atoms with Gasteiger partial charge in [0, 0.05) is 17.6 Å². The minimum Gasteiger partial charge on any atom is -0.373 e. The molecule has 0 radical (unpaired) electrons. The van der Waals surface area contributed by atoms with E-state index in [0.29, 0.717) is 0 Å². The smallest absolute Gasteiger partial charge is 0.128 e. The highest BCUT2D eigenvalue weighted by Gasteiger charge is 2.06. The lowest BCUT2D eigenvalue weighted by Gasteiger charge is -2.15. The second-order valence-electron chi connectivity index (χ2n) is 4.08. The summed E-state index contributed by atoms with van der Waals surface area (Å²) < 4.78 is 1.09. The van der Waals surface area contributed by atoms with Crippen LogP contribution in [-0.4, -0.2) is 12.0 Å². The van der Waals surface area contributed by atoms with Crippen LogP contribution in [0.15, 0.2) is 46.9 Å². The summed E-state index contributed by atoms with van der Waals surface area (Å²) in [5.41, 5.74) is 1.23. The first kappa shape index (κ1) is 12.9. The van der Waals surface area contributed by atoms with Crippen LogP contribution < -0.4 is 10.6 Å². The number of anilines is 2. The topological polar surface area (TPSA) is 37.0 Å². The molecule has 0 aliphatic heterocycles. The van der Waals surface area contributed by atoms with Crippen LogP contribution in [0.25, 0.3) is 0 Å². The zero-order valence-corrected chi connectivity index (χ0v) is 12.0. The molecule has 0 spiro atoms. The Morgan fingerprint density at radius 3 is 2.39 bits per heavy atom. The van der Waals surface area contributed by atoms with Gasteiger partial charge in [0.25, 0.3) is 0 Å². The van der Waals surface area contributed by atoms with Gasteiger partial charge < -0.3 is 10.6 Å². The first-order valence-electron chi connectivity index (χ1n) is 5.86. The zero-order valence-electron chi connectivity index (χ0n) is 10.4. The predicted molar refractivity (Wildman–Crippen MR) is 80.0 cm³/mol. The first-order chi connectivity index (χ1) is 8.69. The SMILES string of the molecule is CNc1cccc(NC(C)c2ccc(Br)cc2)n1. The molecule has 0 saturated carbocycles. The molecule has 94 valence electrons. The molecule has 0 aliphatic carbocycles. The number of nitrogens with one attached hydrogen (secondary N) is 2. The molecule has 1 unspecified atom stereocenters. The van der Waals surface area contributed by atoms with Gasteiger partial charge in [-0.1, -0.05) is 34.1 Å². The van der Waals surface area contributed by atoms with Crippen molar-refractivity contribution < 1.29 is 0 Å². The molecule has 2 aromatic rings. The van der Waals surface area contributed by atoms with E-state index in [2.05, 4.69) is 50.6 Å². The van der Waals surface area contributed by atoms with Crippen molar-refractivity contribution in [2.24, 2.45) is 0 Å². The number of hydrogen-bond acceptors (Lipinski definition) is 3. The normalized spacial score (nSPS) is 11.9. The van der Waals surface area contributed by atoms with E-state index in [-0.39, 0.29) is 6.04 Å². The van der Waals surface area contributed by atoms with Crippen molar-refractivity contribution in [3.63, 3.8) is 0 Å². The summed E-state index contributed by atoms with van der Waals surface area (Å²) in [6.07, 6.45) is 0. The highest BCUT2D eigenvalue weighted by atomic mass is 79.9. The molecule has 2 N–H and O–H groups in total. The highest BCUT2D eigenvalue weighted by Crippen LogP contribution is 2.20. The van der Waals surface area contributed by atoms with E-state index < -0.39 is 0 Å². The van der Waals surface area contributed by atoms with Crippen molar-refractivity contribution in [2.45, 2.75) is 13.0 Å². The molecular formula is C14H16BrN3. The minimum atomic E-state index is 0.220. The van der Waals surface area contributed by atoms with Crippen LogP contribution in [0.4, 0.5) is 11.6 Å². The molecule has 4 heteroatoms. The van der Waals surface area contributed by atoms with Gasteiger partial charge in [-0.15, -0.1) is 0 Å². The fourth-order valence-electron chi connectivity index (χ4n) is 1.71. The maximum atomic E-state index is 4.44. The Kier molecular flexibility index (Phi) is 4.20. The molecule has 0 amide bonds. The van der Waals surface area contributed by atoms with Crippen molar-refractivity contribution >= 4 is 27.6 Å². The summed E-state index contributed by atoms with van der Waals surface area (Å²) in [5.74, 6) is 1.74. The molecule has 1 atom stereocenters. The van der Waals surface area contributed by atoms with Crippen LogP contribution >= 0.6 is 15.9 Å². The lowest BCUT2D eigenvalue weighted by Crippen LogP contribution is -2.08. The van der Waals surface area contributed by atoms with Crippen molar-refractivity contribution in [3.05, 3.63) is 52.5 Å². The Bertz CT molecular complexity index is 511. The van der Waals surface area contributed by atoms with E-state index in [1.165, 1.54) is 5.56 Å². The Morgan fingerprint density at radius 1 is 1.06 bits per heavy atom. The molecule has 1 heterocycles. The van der Waals surface area contributed by atoms with Gasteiger partial charge in [-0.2, -0.15) is 0 Å². The first-order valence-corrected chi connectivity index (χ1v) is 6.65. The molecule has 0 aliphatic rings. The molecular weight excluding hydrogens is 290 g/mol. The summed E-state index contributed by atoms with van der Waals surface area (Å²) in [6, 6.07) is 14.4. The standard InChI is InChI=1S/C14H16BrN3/c1-10(11-6-8-12(15)9-7-11)17-14-5-3-4-13(16-2)18-14/h3-10H,1-2H3,(H2,16,17,18). The van der Waals surface area contributed by atoms with E-state index in [1.807, 2.05) is 37.4 Å². The van der Waals surface area contributed by atoms with E-state index in [0.717, 1.165) is 16.1 Å². The van der Waals surface area contributed by atoms with Crippen LogP contribution in [0.2, 0.25) is 0 Å². The fraction of sp³-hybridized carbons (Fsp3) is 0.214. The van der Waals surface area contributed by atoms with Gasteiger partial charge in [0.15, 0.2) is 0 Å². The summed E-state index contributed by atoms with van der Waals surface area (Å²) >= 11 is 3.44. The summed E-state index contributed by atoms with van der Waals surface area (Å²) in [4.78, 5) is 4.44. The van der Waals surface area contributed by atoms with Crippen molar-refractivity contribution in [1.82, 2.24) is 4.98 Å². The van der Waals surface area contributed by atoms with Crippen molar-refractivity contribution in [1.29, 1.82) is 0 Å². The van der Waals surface area contributed by atoms with Gasteiger partial charge in [0.1, 0.15) is 11.6 Å². The maximum absolute atomic E-state index is 4.44. The van der Waals surface area contributed by atoms with Gasteiger partial charge >= 0.3 is 0 Å². The number of aromatic nitrogens is 1. The monoisotopic (exact) mass is 305 g/mol. The summed E-state index contributed by atoms with van der Waals surface area (Å²) in [5, 5.41) is 6.42. The van der Waals surface area contributed by atoms with Gasteiger partial charge in [0.05, 0.1) is 0 Å². The van der Waals surface area contributed by atoms with E-state index in [9.17, 15) is 0 Å². The van der Waals surface area contributed by atoms with Crippen LogP contribution in [0.1, 0.15) is 18.5 Å². The third-order valence-electron chi connectivity index (χ3n) is 2.74. The van der Waals surface area contributed by atoms with Crippen molar-refractivity contribution in [3.8, 4) is 0 Å². The molecule has 3 nitrogen and oxygen atoms in total. The third-order valence-corrected chi connectivity index (χ3v) is 3.27. The third kappa shape index (κ3) is 3.23. The second-order valence-corrected chi connectivity index (χ2v) is 4.99. The van der Waals surface area contributed by atoms with E-state index >= 15 is 0 Å². The number of pyridine rings is 1. The molecule has 0 fully saturated rings. The predicted octanol–water partition coefficient (Wildman–Crippen LogP) is 4.06. The fourth-order valence-corrected chi connectivity index (χ4v) is 1.98. The second kappa shape index (κ2) is 5.87. The molecule has 0 bridgehead atoms. The molecule has 2 rings (SSSR count). The molecule has 1 aromatic heterocycles. The van der Waals surface area contributed by atoms with Crippen LogP contribution in [0, 0.1) is 0 Å². The van der Waals surface area contributed by atoms with Crippen LogP contribution in [0.3, 0.4) is 0 Å². The van der Waals surface area contributed by atoms with Gasteiger partial charge in [0.2, 0.25) is 0 Å².